The zero-order valence-corrected chi connectivity index (χ0v) is 15.7. The molecule has 140 valence electrons. The standard InChI is InChI=1S/C18H27N7O/c1-11-15(12(2)21-20-11)14-5-4-8-25(14)18(26)17-19-16(22-23-17)13-6-9-24(3)10-7-13/h13-14H,4-10H2,1-3H3,(H,20,21)(H,19,22,23). The lowest BCUT2D eigenvalue weighted by molar-refractivity contribution is 0.0723. The highest BCUT2D eigenvalue weighted by Gasteiger charge is 2.35. The molecule has 8 heteroatoms. The largest absolute Gasteiger partial charge is 0.329 e. The fourth-order valence-corrected chi connectivity index (χ4v) is 4.32. The smallest absolute Gasteiger partial charge is 0.294 e. The van der Waals surface area contributed by atoms with E-state index in [1.54, 1.807) is 0 Å². The summed E-state index contributed by atoms with van der Waals surface area (Å²) in [6.07, 6.45) is 4.06. The number of aryl methyl sites for hydroxylation is 2. The van der Waals surface area contributed by atoms with Crippen molar-refractivity contribution in [3.63, 3.8) is 0 Å². The molecule has 4 heterocycles. The molecule has 2 aliphatic rings. The zero-order valence-electron chi connectivity index (χ0n) is 15.7. The minimum Gasteiger partial charge on any atom is -0.329 e. The summed E-state index contributed by atoms with van der Waals surface area (Å²) < 4.78 is 0. The third kappa shape index (κ3) is 3.02. The maximum absolute atomic E-state index is 13.1. The van der Waals surface area contributed by atoms with E-state index in [-0.39, 0.29) is 11.9 Å². The number of nitrogens with one attached hydrogen (secondary N) is 2. The van der Waals surface area contributed by atoms with Crippen LogP contribution in [0.3, 0.4) is 0 Å². The Kier molecular flexibility index (Phi) is 4.52. The highest BCUT2D eigenvalue weighted by atomic mass is 16.2. The summed E-state index contributed by atoms with van der Waals surface area (Å²) >= 11 is 0. The van der Waals surface area contributed by atoms with Gasteiger partial charge in [-0.1, -0.05) is 0 Å². The third-order valence-electron chi connectivity index (χ3n) is 5.83. The molecule has 2 saturated heterocycles. The molecule has 0 radical (unpaired) electrons. The lowest BCUT2D eigenvalue weighted by Crippen LogP contribution is -2.32. The van der Waals surface area contributed by atoms with Crippen molar-refractivity contribution in [3.8, 4) is 0 Å². The lowest BCUT2D eigenvalue weighted by Gasteiger charge is -2.27. The van der Waals surface area contributed by atoms with Crippen molar-refractivity contribution in [1.29, 1.82) is 0 Å². The number of rotatable bonds is 3. The number of hydrogen-bond acceptors (Lipinski definition) is 5. The van der Waals surface area contributed by atoms with E-state index in [0.717, 1.165) is 68.1 Å². The first-order chi connectivity index (χ1) is 12.5. The van der Waals surface area contributed by atoms with Crippen LogP contribution in [-0.4, -0.2) is 67.8 Å². The second kappa shape index (κ2) is 6.83. The average molecular weight is 357 g/mol. The van der Waals surface area contributed by atoms with E-state index in [1.807, 2.05) is 18.7 Å². The van der Waals surface area contributed by atoms with E-state index in [2.05, 4.69) is 37.3 Å². The van der Waals surface area contributed by atoms with Crippen LogP contribution in [0.2, 0.25) is 0 Å². The number of hydrogen-bond donors (Lipinski definition) is 2. The molecule has 2 aliphatic heterocycles. The molecular formula is C18H27N7O. The molecule has 2 aromatic heterocycles. The van der Waals surface area contributed by atoms with Gasteiger partial charge in [-0.2, -0.15) is 5.10 Å². The van der Waals surface area contributed by atoms with Gasteiger partial charge in [-0.3, -0.25) is 15.0 Å². The SMILES string of the molecule is Cc1n[nH]c(C)c1C1CCCN1C(=O)c1n[nH]c(C2CCN(C)CC2)n1. The summed E-state index contributed by atoms with van der Waals surface area (Å²) in [6, 6.07) is 0.0616. The number of amides is 1. The van der Waals surface area contributed by atoms with Crippen molar-refractivity contribution in [1.82, 2.24) is 35.2 Å². The lowest BCUT2D eigenvalue weighted by atomic mass is 9.97. The van der Waals surface area contributed by atoms with E-state index in [9.17, 15) is 4.79 Å². The molecule has 4 rings (SSSR count). The van der Waals surface area contributed by atoms with Gasteiger partial charge >= 0.3 is 0 Å². The van der Waals surface area contributed by atoms with Crippen LogP contribution in [0.25, 0.3) is 0 Å². The molecule has 2 aromatic rings. The number of carbonyl (C=O) groups excluding carboxylic acids is 1. The molecule has 0 bridgehead atoms. The van der Waals surface area contributed by atoms with Gasteiger partial charge in [-0.25, -0.2) is 4.98 Å². The second-order valence-electron chi connectivity index (χ2n) is 7.63. The van der Waals surface area contributed by atoms with Crippen LogP contribution < -0.4 is 0 Å². The summed E-state index contributed by atoms with van der Waals surface area (Å²) in [6.45, 7) is 6.86. The first-order valence-corrected chi connectivity index (χ1v) is 9.48. The first-order valence-electron chi connectivity index (χ1n) is 9.48. The highest BCUT2D eigenvalue weighted by Crippen LogP contribution is 2.35. The number of piperidine rings is 1. The van der Waals surface area contributed by atoms with Crippen LogP contribution in [0.4, 0.5) is 0 Å². The predicted molar refractivity (Wildman–Crippen MR) is 96.9 cm³/mol. The summed E-state index contributed by atoms with van der Waals surface area (Å²) in [7, 11) is 2.14. The minimum absolute atomic E-state index is 0.0616. The number of carbonyl (C=O) groups is 1. The number of aromatic nitrogens is 5. The summed E-state index contributed by atoms with van der Waals surface area (Å²) in [5.41, 5.74) is 3.14. The van der Waals surface area contributed by atoms with Gasteiger partial charge in [0.25, 0.3) is 5.91 Å². The number of nitrogens with zero attached hydrogens (tertiary/aromatic N) is 5. The van der Waals surface area contributed by atoms with Gasteiger partial charge in [0.2, 0.25) is 5.82 Å². The highest BCUT2D eigenvalue weighted by molar-refractivity contribution is 5.91. The molecule has 2 N–H and O–H groups in total. The van der Waals surface area contributed by atoms with Gasteiger partial charge < -0.3 is 9.80 Å². The van der Waals surface area contributed by atoms with Crippen LogP contribution >= 0.6 is 0 Å². The van der Waals surface area contributed by atoms with E-state index >= 15 is 0 Å². The van der Waals surface area contributed by atoms with Crippen LogP contribution in [0.1, 0.15) is 71.0 Å². The van der Waals surface area contributed by atoms with Crippen molar-refractivity contribution in [2.45, 2.75) is 51.5 Å². The van der Waals surface area contributed by atoms with Crippen molar-refractivity contribution < 1.29 is 4.79 Å². The molecule has 26 heavy (non-hydrogen) atoms. The Labute approximate surface area is 153 Å². The Morgan fingerprint density at radius 1 is 1.08 bits per heavy atom. The van der Waals surface area contributed by atoms with E-state index in [0.29, 0.717) is 11.7 Å². The average Bonchev–Trinajstić information content (AvgIpc) is 3.35. The molecule has 2 fully saturated rings. The topological polar surface area (TPSA) is 93.8 Å². The molecule has 1 amide bonds. The Morgan fingerprint density at radius 3 is 2.54 bits per heavy atom. The fourth-order valence-electron chi connectivity index (χ4n) is 4.32. The predicted octanol–water partition coefficient (Wildman–Crippen LogP) is 1.93. The zero-order chi connectivity index (χ0) is 18.3. The Morgan fingerprint density at radius 2 is 1.85 bits per heavy atom. The van der Waals surface area contributed by atoms with Gasteiger partial charge in [0.15, 0.2) is 0 Å². The van der Waals surface area contributed by atoms with Crippen molar-refractivity contribution in [2.75, 3.05) is 26.7 Å². The maximum atomic E-state index is 13.1. The second-order valence-corrected chi connectivity index (χ2v) is 7.63. The van der Waals surface area contributed by atoms with Crippen LogP contribution in [0.5, 0.6) is 0 Å². The quantitative estimate of drug-likeness (QED) is 0.875. The minimum atomic E-state index is -0.0806. The molecule has 0 spiro atoms. The summed E-state index contributed by atoms with van der Waals surface area (Å²) in [5, 5.41) is 14.6. The third-order valence-corrected chi connectivity index (χ3v) is 5.83. The molecule has 1 atom stereocenters. The van der Waals surface area contributed by atoms with Gasteiger partial charge in [0, 0.05) is 23.7 Å². The van der Waals surface area contributed by atoms with E-state index < -0.39 is 0 Å². The van der Waals surface area contributed by atoms with Gasteiger partial charge in [-0.05, 0) is 59.7 Å². The van der Waals surface area contributed by atoms with Crippen LogP contribution in [0, 0.1) is 13.8 Å². The Balaban J connectivity index is 1.52. The normalized spacial score (nSPS) is 22.3. The van der Waals surface area contributed by atoms with Crippen molar-refractivity contribution in [2.24, 2.45) is 0 Å². The number of H-pyrrole nitrogens is 2. The number of aromatic amines is 2. The molecular weight excluding hydrogens is 330 g/mol. The van der Waals surface area contributed by atoms with Crippen molar-refractivity contribution in [3.05, 3.63) is 28.6 Å². The Bertz CT molecular complexity index is 768. The van der Waals surface area contributed by atoms with Gasteiger partial charge in [-0.15, -0.1) is 5.10 Å². The van der Waals surface area contributed by atoms with Crippen molar-refractivity contribution >= 4 is 5.91 Å². The molecule has 1 unspecified atom stereocenters. The number of likely N-dealkylation sites (tertiary alicyclic amines) is 2. The molecule has 0 aromatic carbocycles. The van der Waals surface area contributed by atoms with Crippen LogP contribution in [-0.2, 0) is 0 Å². The molecule has 0 aliphatic carbocycles. The molecule has 0 saturated carbocycles. The Hall–Kier alpha value is -2.22. The van der Waals surface area contributed by atoms with Gasteiger partial charge in [0.1, 0.15) is 5.82 Å². The fraction of sp³-hybridized carbons (Fsp3) is 0.667. The molecule has 8 nitrogen and oxygen atoms in total. The summed E-state index contributed by atoms with van der Waals surface area (Å²) in [4.78, 5) is 21.9. The van der Waals surface area contributed by atoms with Crippen LogP contribution in [0.15, 0.2) is 0 Å². The summed E-state index contributed by atoms with van der Waals surface area (Å²) in [5.74, 6) is 1.44. The monoisotopic (exact) mass is 357 g/mol. The van der Waals surface area contributed by atoms with E-state index in [1.165, 1.54) is 0 Å². The first kappa shape index (κ1) is 17.2. The van der Waals surface area contributed by atoms with Gasteiger partial charge in [0.05, 0.1) is 11.7 Å². The van der Waals surface area contributed by atoms with E-state index in [4.69, 9.17) is 0 Å². The maximum Gasteiger partial charge on any atom is 0.294 e.